The molecule has 0 saturated heterocycles. The summed E-state index contributed by atoms with van der Waals surface area (Å²) in [5.74, 6) is 0.904. The van der Waals surface area contributed by atoms with Crippen LogP contribution in [0.3, 0.4) is 0 Å². The molecule has 0 aliphatic rings. The summed E-state index contributed by atoms with van der Waals surface area (Å²) in [6.45, 7) is 5.62. The standard InChI is InChI=1S/C31H35ClN4O5/c1-19(2)41-27-12-11-23(17-25(27)32)30(38)34-24(13-14-37)16-21-7-9-22(10-8-21)26-18-36(4)29(35-26)20(3)33-31(39)28-6-5-15-40-28/h5-12,15,17-20,24,37H,13-14,16H2,1-4H3,(H,33,39)(H,34,38)/t20-,24-/m1/s1. The highest BCUT2D eigenvalue weighted by Gasteiger charge is 2.19. The molecular formula is C31H35ClN4O5. The normalized spacial score (nSPS) is 12.7. The van der Waals surface area contributed by atoms with Gasteiger partial charge in [0, 0.05) is 37.0 Å². The molecule has 0 spiro atoms. The van der Waals surface area contributed by atoms with Crippen LogP contribution in [0.5, 0.6) is 5.75 Å². The molecule has 0 saturated carbocycles. The number of nitrogens with zero attached hydrogens (tertiary/aromatic N) is 2. The quantitative estimate of drug-likeness (QED) is 0.209. The number of benzene rings is 2. The van der Waals surface area contributed by atoms with Crippen LogP contribution in [0.2, 0.25) is 5.02 Å². The van der Waals surface area contributed by atoms with Crippen molar-refractivity contribution in [3.8, 4) is 17.0 Å². The molecule has 0 bridgehead atoms. The van der Waals surface area contributed by atoms with Gasteiger partial charge in [-0.15, -0.1) is 0 Å². The fraction of sp³-hybridized carbons (Fsp3) is 0.323. The van der Waals surface area contributed by atoms with Crippen molar-refractivity contribution < 1.29 is 23.8 Å². The van der Waals surface area contributed by atoms with Crippen LogP contribution in [0.15, 0.2) is 71.5 Å². The lowest BCUT2D eigenvalue weighted by molar-refractivity contribution is 0.0906. The van der Waals surface area contributed by atoms with Crippen LogP contribution in [-0.2, 0) is 13.5 Å². The SMILES string of the molecule is CC(C)Oc1ccc(C(=O)N[C@H](CCO)Cc2ccc(-c3cn(C)c([C@@H](C)NC(=O)c4ccco4)n3)cc2)cc1Cl. The van der Waals surface area contributed by atoms with Gasteiger partial charge in [-0.3, -0.25) is 9.59 Å². The van der Waals surface area contributed by atoms with E-state index in [1.54, 1.807) is 30.3 Å². The van der Waals surface area contributed by atoms with Gasteiger partial charge >= 0.3 is 0 Å². The smallest absolute Gasteiger partial charge is 0.287 e. The van der Waals surface area contributed by atoms with Crippen molar-refractivity contribution in [3.05, 3.63) is 94.8 Å². The van der Waals surface area contributed by atoms with Crippen molar-refractivity contribution in [1.82, 2.24) is 20.2 Å². The fourth-order valence-electron chi connectivity index (χ4n) is 4.50. The molecule has 3 N–H and O–H groups in total. The second-order valence-electron chi connectivity index (χ2n) is 10.2. The van der Waals surface area contributed by atoms with Gasteiger partial charge in [-0.25, -0.2) is 4.98 Å². The third-order valence-electron chi connectivity index (χ3n) is 6.49. The number of aliphatic hydroxyl groups excluding tert-OH is 1. The third-order valence-corrected chi connectivity index (χ3v) is 6.79. The number of hydrogen-bond acceptors (Lipinski definition) is 6. The lowest BCUT2D eigenvalue weighted by Crippen LogP contribution is -2.37. The molecule has 2 heterocycles. The maximum atomic E-state index is 12.9. The molecule has 216 valence electrons. The molecule has 4 rings (SSSR count). The number of hydrogen-bond donors (Lipinski definition) is 3. The molecule has 4 aromatic rings. The molecule has 0 radical (unpaired) electrons. The lowest BCUT2D eigenvalue weighted by Gasteiger charge is -2.19. The Hall–Kier alpha value is -4.08. The maximum absolute atomic E-state index is 12.9. The van der Waals surface area contributed by atoms with Crippen LogP contribution >= 0.6 is 11.6 Å². The number of carbonyl (C=O) groups excluding carboxylic acids is 2. The Morgan fingerprint density at radius 2 is 1.83 bits per heavy atom. The van der Waals surface area contributed by atoms with Crippen molar-refractivity contribution in [2.75, 3.05) is 6.61 Å². The van der Waals surface area contributed by atoms with Gasteiger partial charge < -0.3 is 29.5 Å². The van der Waals surface area contributed by atoms with Crippen LogP contribution in [0.25, 0.3) is 11.3 Å². The molecule has 41 heavy (non-hydrogen) atoms. The molecule has 2 atom stereocenters. The average Bonchev–Trinajstić information content (AvgIpc) is 3.60. The van der Waals surface area contributed by atoms with E-state index < -0.39 is 0 Å². The van der Waals surface area contributed by atoms with Crippen molar-refractivity contribution in [2.45, 2.75) is 51.8 Å². The number of aromatic nitrogens is 2. The summed E-state index contributed by atoms with van der Waals surface area (Å²) in [4.78, 5) is 30.0. The molecule has 0 unspecified atom stereocenters. The van der Waals surface area contributed by atoms with E-state index in [9.17, 15) is 14.7 Å². The minimum absolute atomic E-state index is 0.0312. The molecule has 2 amide bonds. The summed E-state index contributed by atoms with van der Waals surface area (Å²) < 4.78 is 12.7. The minimum Gasteiger partial charge on any atom is -0.489 e. The lowest BCUT2D eigenvalue weighted by atomic mass is 10.0. The predicted octanol–water partition coefficient (Wildman–Crippen LogP) is 5.34. The van der Waals surface area contributed by atoms with Gasteiger partial charge in [0.15, 0.2) is 5.76 Å². The Kier molecular flexibility index (Phi) is 9.86. The monoisotopic (exact) mass is 578 g/mol. The summed E-state index contributed by atoms with van der Waals surface area (Å²) in [5, 5.41) is 15.9. The van der Waals surface area contributed by atoms with Crippen LogP contribution in [0, 0.1) is 0 Å². The topological polar surface area (TPSA) is 119 Å². The van der Waals surface area contributed by atoms with Gasteiger partial charge in [0.05, 0.1) is 29.1 Å². The minimum atomic E-state index is -0.331. The first-order valence-electron chi connectivity index (χ1n) is 13.5. The van der Waals surface area contributed by atoms with Crippen molar-refractivity contribution in [2.24, 2.45) is 7.05 Å². The van der Waals surface area contributed by atoms with Crippen LogP contribution in [0.1, 0.15) is 65.5 Å². The van der Waals surface area contributed by atoms with Gasteiger partial charge in [0.1, 0.15) is 11.6 Å². The van der Waals surface area contributed by atoms with E-state index in [4.69, 9.17) is 25.7 Å². The highest BCUT2D eigenvalue weighted by molar-refractivity contribution is 6.32. The van der Waals surface area contributed by atoms with E-state index in [-0.39, 0.29) is 42.4 Å². The van der Waals surface area contributed by atoms with E-state index in [0.717, 1.165) is 16.8 Å². The van der Waals surface area contributed by atoms with Crippen LogP contribution in [0.4, 0.5) is 0 Å². The van der Waals surface area contributed by atoms with Gasteiger partial charge in [0.25, 0.3) is 11.8 Å². The zero-order valence-corrected chi connectivity index (χ0v) is 24.3. The van der Waals surface area contributed by atoms with Gasteiger partial charge in [-0.05, 0) is 69.5 Å². The van der Waals surface area contributed by atoms with Crippen LogP contribution in [-0.4, -0.2) is 45.2 Å². The highest BCUT2D eigenvalue weighted by atomic mass is 35.5. The zero-order chi connectivity index (χ0) is 29.5. The summed E-state index contributed by atoms with van der Waals surface area (Å²) in [7, 11) is 1.88. The number of rotatable bonds is 12. The second kappa shape index (κ2) is 13.5. The third kappa shape index (κ3) is 7.77. The van der Waals surface area contributed by atoms with E-state index >= 15 is 0 Å². The first-order valence-corrected chi connectivity index (χ1v) is 13.9. The molecule has 0 aliphatic heterocycles. The number of imidazole rings is 1. The van der Waals surface area contributed by atoms with E-state index in [1.807, 2.05) is 62.8 Å². The first-order chi connectivity index (χ1) is 19.6. The van der Waals surface area contributed by atoms with Crippen molar-refractivity contribution >= 4 is 23.4 Å². The van der Waals surface area contributed by atoms with E-state index in [0.29, 0.717) is 35.0 Å². The summed E-state index contributed by atoms with van der Waals surface area (Å²) in [6.07, 6.45) is 4.28. The largest absolute Gasteiger partial charge is 0.489 e. The number of amides is 2. The average molecular weight is 579 g/mol. The predicted molar refractivity (Wildman–Crippen MR) is 157 cm³/mol. The number of ether oxygens (including phenoxy) is 1. The number of aryl methyl sites for hydroxylation is 1. The molecule has 9 nitrogen and oxygen atoms in total. The Morgan fingerprint density at radius 1 is 1.07 bits per heavy atom. The number of furan rings is 1. The summed E-state index contributed by atoms with van der Waals surface area (Å²) >= 11 is 6.31. The Morgan fingerprint density at radius 3 is 2.46 bits per heavy atom. The van der Waals surface area contributed by atoms with Gasteiger partial charge in [-0.1, -0.05) is 35.9 Å². The van der Waals surface area contributed by atoms with Crippen molar-refractivity contribution in [3.63, 3.8) is 0 Å². The molecule has 2 aromatic carbocycles. The molecule has 10 heteroatoms. The number of halogens is 1. The zero-order valence-electron chi connectivity index (χ0n) is 23.6. The van der Waals surface area contributed by atoms with Gasteiger partial charge in [0.2, 0.25) is 0 Å². The highest BCUT2D eigenvalue weighted by Crippen LogP contribution is 2.27. The first kappa shape index (κ1) is 29.9. The number of carbonyl (C=O) groups is 2. The Balaban J connectivity index is 1.40. The molecule has 0 fully saturated rings. The maximum Gasteiger partial charge on any atom is 0.287 e. The van der Waals surface area contributed by atoms with Gasteiger partial charge in [-0.2, -0.15) is 0 Å². The number of nitrogens with one attached hydrogen (secondary N) is 2. The second-order valence-corrected chi connectivity index (χ2v) is 10.6. The summed E-state index contributed by atoms with van der Waals surface area (Å²) in [5.41, 5.74) is 3.11. The van der Waals surface area contributed by atoms with E-state index in [1.165, 1.54) is 6.26 Å². The Bertz CT molecular complexity index is 1460. The molecular weight excluding hydrogens is 544 g/mol. The fourth-order valence-corrected chi connectivity index (χ4v) is 4.72. The Labute approximate surface area is 244 Å². The van der Waals surface area contributed by atoms with E-state index in [2.05, 4.69) is 10.6 Å². The summed E-state index contributed by atoms with van der Waals surface area (Å²) in [6, 6.07) is 15.5. The van der Waals surface area contributed by atoms with Crippen molar-refractivity contribution in [1.29, 1.82) is 0 Å². The number of aliphatic hydroxyl groups is 1. The molecule has 2 aromatic heterocycles. The van der Waals surface area contributed by atoms with Crippen LogP contribution < -0.4 is 15.4 Å². The molecule has 0 aliphatic carbocycles.